The Hall–Kier alpha value is -1.57. The summed E-state index contributed by atoms with van der Waals surface area (Å²) < 4.78 is 0. The molecule has 2 aromatic rings. The van der Waals surface area contributed by atoms with E-state index in [9.17, 15) is 4.79 Å². The third-order valence-corrected chi connectivity index (χ3v) is 3.21. The topological polar surface area (TPSA) is 32.9 Å². The Morgan fingerprint density at radius 2 is 1.94 bits per heavy atom. The Bertz CT molecular complexity index is 543. The lowest BCUT2D eigenvalue weighted by molar-refractivity contribution is 0.645. The van der Waals surface area contributed by atoms with Crippen molar-refractivity contribution >= 4 is 10.9 Å². The summed E-state index contributed by atoms with van der Waals surface area (Å²) in [5.41, 5.74) is 2.13. The molecule has 1 aromatic heterocycles. The van der Waals surface area contributed by atoms with E-state index in [1.807, 2.05) is 18.2 Å². The van der Waals surface area contributed by atoms with Gasteiger partial charge < -0.3 is 4.98 Å². The molecule has 0 radical (unpaired) electrons. The average Bonchev–Trinajstić information content (AvgIpc) is 2.30. The molecule has 0 fully saturated rings. The Labute approximate surface area is 96.8 Å². The van der Waals surface area contributed by atoms with Gasteiger partial charge in [-0.05, 0) is 30.4 Å². The molecular weight excluding hydrogens is 198 g/mol. The lowest BCUT2D eigenvalue weighted by Crippen LogP contribution is -2.09. The van der Waals surface area contributed by atoms with E-state index in [-0.39, 0.29) is 6.99 Å². The lowest BCUT2D eigenvalue weighted by atomic mass is 9.91. The number of pyridine rings is 1. The number of fused-ring (bicyclic) bond motifs is 1. The number of aromatic nitrogens is 1. The molecule has 0 bridgehead atoms. The number of nitrogens with one attached hydrogen (secondary N) is 1. The minimum atomic E-state index is 0. The fourth-order valence-electron chi connectivity index (χ4n) is 2.30. The molecule has 0 spiro atoms. The molecule has 0 aliphatic heterocycles. The summed E-state index contributed by atoms with van der Waals surface area (Å²) in [4.78, 5) is 14.5. The number of hydrogen-bond acceptors (Lipinski definition) is 1. The first kappa shape index (κ1) is 10.9. The van der Waals surface area contributed by atoms with Crippen molar-refractivity contribution < 1.29 is 1.43 Å². The minimum Gasteiger partial charge on any atom is -0.322 e. The predicted molar refractivity (Wildman–Crippen MR) is 70.0 cm³/mol. The smallest absolute Gasteiger partial charge is 0.248 e. The molecule has 0 saturated heterocycles. The molecule has 0 saturated carbocycles. The van der Waals surface area contributed by atoms with Crippen molar-refractivity contribution in [2.24, 2.45) is 0 Å². The van der Waals surface area contributed by atoms with Crippen LogP contribution in [-0.4, -0.2) is 4.98 Å². The largest absolute Gasteiger partial charge is 0.322 e. The zero-order chi connectivity index (χ0) is 11.5. The highest BCUT2D eigenvalue weighted by atomic mass is 16.1. The van der Waals surface area contributed by atoms with E-state index in [0.29, 0.717) is 5.92 Å². The van der Waals surface area contributed by atoms with E-state index >= 15 is 0 Å². The minimum absolute atomic E-state index is 0. The quantitative estimate of drug-likeness (QED) is 0.835. The van der Waals surface area contributed by atoms with E-state index in [4.69, 9.17) is 0 Å². The number of H-pyrrole nitrogens is 1. The summed E-state index contributed by atoms with van der Waals surface area (Å²) in [6.07, 6.45) is 2.15. The number of aromatic amines is 1. The van der Waals surface area contributed by atoms with Gasteiger partial charge in [-0.2, -0.15) is 0 Å². The molecule has 2 heteroatoms. The van der Waals surface area contributed by atoms with Crippen molar-refractivity contribution in [3.63, 3.8) is 0 Å². The molecule has 86 valence electrons. The second kappa shape index (κ2) is 4.52. The van der Waals surface area contributed by atoms with Crippen LogP contribution in [0.1, 0.15) is 39.6 Å². The van der Waals surface area contributed by atoms with Crippen molar-refractivity contribution in [3.8, 4) is 0 Å². The van der Waals surface area contributed by atoms with Crippen LogP contribution in [0.15, 0.2) is 35.1 Å². The molecule has 0 amide bonds. The highest BCUT2D eigenvalue weighted by molar-refractivity contribution is 5.82. The molecule has 0 unspecified atom stereocenters. The zero-order valence-corrected chi connectivity index (χ0v) is 9.79. The SMILES string of the molecule is CCC(CC)c1cc(=O)[nH]c2ccccc12.[HH]. The molecule has 1 heterocycles. The first-order chi connectivity index (χ1) is 7.76. The van der Waals surface area contributed by atoms with Crippen molar-refractivity contribution in [2.75, 3.05) is 0 Å². The maximum atomic E-state index is 11.6. The van der Waals surface area contributed by atoms with Gasteiger partial charge in [-0.25, -0.2) is 0 Å². The summed E-state index contributed by atoms with van der Waals surface area (Å²) in [7, 11) is 0. The summed E-state index contributed by atoms with van der Waals surface area (Å²) in [6, 6.07) is 9.77. The van der Waals surface area contributed by atoms with Crippen LogP contribution in [0.2, 0.25) is 0 Å². The van der Waals surface area contributed by atoms with Gasteiger partial charge in [0.25, 0.3) is 0 Å². The van der Waals surface area contributed by atoms with Crippen LogP contribution in [-0.2, 0) is 0 Å². The third-order valence-electron chi connectivity index (χ3n) is 3.21. The first-order valence-corrected chi connectivity index (χ1v) is 5.88. The molecule has 2 nitrogen and oxygen atoms in total. The van der Waals surface area contributed by atoms with E-state index in [2.05, 4.69) is 24.9 Å². The Kier molecular flexibility index (Phi) is 3.09. The van der Waals surface area contributed by atoms with Crippen LogP contribution in [0.4, 0.5) is 0 Å². The first-order valence-electron chi connectivity index (χ1n) is 5.88. The molecule has 1 aromatic carbocycles. The second-order valence-corrected chi connectivity index (χ2v) is 4.15. The zero-order valence-electron chi connectivity index (χ0n) is 9.79. The fraction of sp³-hybridized carbons (Fsp3) is 0.357. The summed E-state index contributed by atoms with van der Waals surface area (Å²) in [5.74, 6) is 0.479. The van der Waals surface area contributed by atoms with Gasteiger partial charge in [-0.15, -0.1) is 0 Å². The molecule has 0 atom stereocenters. The monoisotopic (exact) mass is 217 g/mol. The molecule has 16 heavy (non-hydrogen) atoms. The van der Waals surface area contributed by atoms with Gasteiger partial charge in [0.2, 0.25) is 5.56 Å². The standard InChI is InChI=1S/C14H17NO.H2/c1-3-10(4-2)12-9-14(16)15-13-8-6-5-7-11(12)13;/h5-10H,3-4H2,1-2H3,(H,15,16);1H. The Balaban J connectivity index is 0.00000144. The Morgan fingerprint density at radius 3 is 2.62 bits per heavy atom. The molecule has 2 rings (SSSR count). The highest BCUT2D eigenvalue weighted by Crippen LogP contribution is 2.27. The van der Waals surface area contributed by atoms with Crippen LogP contribution in [0.25, 0.3) is 10.9 Å². The van der Waals surface area contributed by atoms with Crippen molar-refractivity contribution in [1.29, 1.82) is 0 Å². The molecular formula is C14H19NO. The Morgan fingerprint density at radius 1 is 1.25 bits per heavy atom. The van der Waals surface area contributed by atoms with E-state index < -0.39 is 0 Å². The van der Waals surface area contributed by atoms with Crippen molar-refractivity contribution in [2.45, 2.75) is 32.6 Å². The van der Waals surface area contributed by atoms with E-state index in [1.54, 1.807) is 6.07 Å². The maximum absolute atomic E-state index is 11.6. The van der Waals surface area contributed by atoms with Crippen molar-refractivity contribution in [3.05, 3.63) is 46.2 Å². The normalized spacial score (nSPS) is 11.2. The maximum Gasteiger partial charge on any atom is 0.248 e. The summed E-state index contributed by atoms with van der Waals surface area (Å²) in [5, 5.41) is 1.18. The number of benzene rings is 1. The van der Waals surface area contributed by atoms with Gasteiger partial charge in [0.1, 0.15) is 0 Å². The fourth-order valence-corrected chi connectivity index (χ4v) is 2.30. The van der Waals surface area contributed by atoms with E-state index in [0.717, 1.165) is 18.4 Å². The average molecular weight is 217 g/mol. The lowest BCUT2D eigenvalue weighted by Gasteiger charge is -2.14. The van der Waals surface area contributed by atoms with Crippen LogP contribution in [0.3, 0.4) is 0 Å². The van der Waals surface area contributed by atoms with Gasteiger partial charge >= 0.3 is 0 Å². The molecule has 0 aliphatic carbocycles. The van der Waals surface area contributed by atoms with Gasteiger partial charge in [0, 0.05) is 18.4 Å². The third kappa shape index (κ3) is 1.87. The summed E-state index contributed by atoms with van der Waals surface area (Å²) >= 11 is 0. The van der Waals surface area contributed by atoms with Crippen LogP contribution in [0, 0.1) is 0 Å². The van der Waals surface area contributed by atoms with Crippen LogP contribution >= 0.6 is 0 Å². The van der Waals surface area contributed by atoms with Gasteiger partial charge in [0.15, 0.2) is 0 Å². The van der Waals surface area contributed by atoms with Gasteiger partial charge in [0.05, 0.1) is 0 Å². The van der Waals surface area contributed by atoms with Crippen molar-refractivity contribution in [1.82, 2.24) is 4.98 Å². The van der Waals surface area contributed by atoms with E-state index in [1.165, 1.54) is 10.9 Å². The summed E-state index contributed by atoms with van der Waals surface area (Å²) in [6.45, 7) is 4.34. The van der Waals surface area contributed by atoms with Gasteiger partial charge in [-0.3, -0.25) is 4.79 Å². The second-order valence-electron chi connectivity index (χ2n) is 4.15. The molecule has 0 aliphatic rings. The van der Waals surface area contributed by atoms with Gasteiger partial charge in [-0.1, -0.05) is 32.0 Å². The molecule has 1 N–H and O–H groups in total. The number of rotatable bonds is 3. The number of hydrogen-bond donors (Lipinski definition) is 1. The predicted octanol–water partition coefficient (Wildman–Crippen LogP) is 3.68. The highest BCUT2D eigenvalue weighted by Gasteiger charge is 2.11. The van der Waals surface area contributed by atoms with Crippen LogP contribution < -0.4 is 5.56 Å². The van der Waals surface area contributed by atoms with Crippen LogP contribution in [0.5, 0.6) is 0 Å². The number of para-hydroxylation sites is 1.